The van der Waals surface area contributed by atoms with E-state index in [1.165, 1.54) is 18.6 Å². The molecule has 164 valence electrons. The summed E-state index contributed by atoms with van der Waals surface area (Å²) in [6.45, 7) is 4.03. The van der Waals surface area contributed by atoms with Gasteiger partial charge in [-0.05, 0) is 61.4 Å². The van der Waals surface area contributed by atoms with Crippen LogP contribution in [0.4, 0.5) is 5.69 Å². The second-order valence-electron chi connectivity index (χ2n) is 6.73. The quantitative estimate of drug-likeness (QED) is 0.398. The number of para-hydroxylation sites is 1. The third kappa shape index (κ3) is 6.40. The van der Waals surface area contributed by atoms with E-state index in [0.717, 1.165) is 11.3 Å². The molecule has 0 saturated carbocycles. The molecular formula is C24H24N4O4. The van der Waals surface area contributed by atoms with E-state index < -0.39 is 0 Å². The van der Waals surface area contributed by atoms with Crippen molar-refractivity contribution in [2.24, 2.45) is 5.10 Å². The summed E-state index contributed by atoms with van der Waals surface area (Å²) in [6, 6.07) is 15.9. The maximum absolute atomic E-state index is 12.3. The molecule has 1 aromatic heterocycles. The van der Waals surface area contributed by atoms with Crippen molar-refractivity contribution in [3.05, 3.63) is 83.7 Å². The van der Waals surface area contributed by atoms with Gasteiger partial charge in [0, 0.05) is 23.6 Å². The van der Waals surface area contributed by atoms with Crippen LogP contribution in [0.1, 0.15) is 28.4 Å². The minimum Gasteiger partial charge on any atom is -0.490 e. The summed E-state index contributed by atoms with van der Waals surface area (Å²) in [6.07, 6.45) is 4.57. The molecule has 8 heteroatoms. The molecule has 0 aliphatic heterocycles. The monoisotopic (exact) mass is 432 g/mol. The SMILES string of the molecule is CCOc1cc(/C=N\NC(=O)c2ccncc2)ccc1OCC(=O)Nc1ccccc1C. The summed E-state index contributed by atoms with van der Waals surface area (Å²) in [5, 5.41) is 6.80. The average Bonchev–Trinajstić information content (AvgIpc) is 2.81. The van der Waals surface area contributed by atoms with Crippen LogP contribution in [0.3, 0.4) is 0 Å². The lowest BCUT2D eigenvalue weighted by Gasteiger charge is -2.13. The highest BCUT2D eigenvalue weighted by molar-refractivity contribution is 5.95. The number of hydrogen-bond donors (Lipinski definition) is 2. The van der Waals surface area contributed by atoms with Crippen molar-refractivity contribution in [1.82, 2.24) is 10.4 Å². The predicted molar refractivity (Wildman–Crippen MR) is 122 cm³/mol. The van der Waals surface area contributed by atoms with Crippen LogP contribution >= 0.6 is 0 Å². The number of nitrogens with one attached hydrogen (secondary N) is 2. The van der Waals surface area contributed by atoms with E-state index >= 15 is 0 Å². The molecule has 0 radical (unpaired) electrons. The number of ether oxygens (including phenoxy) is 2. The third-order valence-electron chi connectivity index (χ3n) is 4.37. The van der Waals surface area contributed by atoms with Gasteiger partial charge >= 0.3 is 0 Å². The maximum atomic E-state index is 12.3. The van der Waals surface area contributed by atoms with Crippen LogP contribution in [0, 0.1) is 6.92 Å². The van der Waals surface area contributed by atoms with E-state index in [1.54, 1.807) is 30.3 Å². The van der Waals surface area contributed by atoms with Gasteiger partial charge in [-0.3, -0.25) is 14.6 Å². The summed E-state index contributed by atoms with van der Waals surface area (Å²) < 4.78 is 11.3. The summed E-state index contributed by atoms with van der Waals surface area (Å²) in [5.41, 5.74) is 5.32. The number of carbonyl (C=O) groups is 2. The lowest BCUT2D eigenvalue weighted by atomic mass is 10.2. The first-order chi connectivity index (χ1) is 15.6. The Bertz CT molecular complexity index is 1100. The molecule has 0 aliphatic carbocycles. The largest absolute Gasteiger partial charge is 0.490 e. The number of hydrazone groups is 1. The number of hydrogen-bond acceptors (Lipinski definition) is 6. The fourth-order valence-corrected chi connectivity index (χ4v) is 2.77. The lowest BCUT2D eigenvalue weighted by Crippen LogP contribution is -2.20. The Morgan fingerprint density at radius 1 is 1.03 bits per heavy atom. The molecular weight excluding hydrogens is 408 g/mol. The van der Waals surface area contributed by atoms with Crippen molar-refractivity contribution in [2.45, 2.75) is 13.8 Å². The van der Waals surface area contributed by atoms with Crippen LogP contribution < -0.4 is 20.2 Å². The normalized spacial score (nSPS) is 10.6. The van der Waals surface area contributed by atoms with Crippen LogP contribution in [-0.4, -0.2) is 36.2 Å². The Labute approximate surface area is 186 Å². The summed E-state index contributed by atoms with van der Waals surface area (Å²) in [7, 11) is 0. The second kappa shape index (κ2) is 11.3. The molecule has 0 saturated heterocycles. The Hall–Kier alpha value is -4.20. The van der Waals surface area contributed by atoms with E-state index in [9.17, 15) is 9.59 Å². The molecule has 0 fully saturated rings. The van der Waals surface area contributed by atoms with E-state index in [2.05, 4.69) is 20.8 Å². The van der Waals surface area contributed by atoms with Crippen LogP contribution in [0.15, 0.2) is 72.1 Å². The van der Waals surface area contributed by atoms with E-state index in [1.807, 2.05) is 38.1 Å². The zero-order valence-corrected chi connectivity index (χ0v) is 17.9. The summed E-state index contributed by atoms with van der Waals surface area (Å²) >= 11 is 0. The fraction of sp³-hybridized carbons (Fsp3) is 0.167. The number of anilines is 1. The molecule has 32 heavy (non-hydrogen) atoms. The standard InChI is InChI=1S/C24H24N4O4/c1-3-31-22-14-18(15-26-28-24(30)19-10-12-25-13-11-19)8-9-21(22)32-16-23(29)27-20-7-5-4-6-17(20)2/h4-15H,3,16H2,1-2H3,(H,27,29)(H,28,30)/b26-15-. The van der Waals surface area contributed by atoms with E-state index in [0.29, 0.717) is 29.2 Å². The van der Waals surface area contributed by atoms with Crippen molar-refractivity contribution in [1.29, 1.82) is 0 Å². The van der Waals surface area contributed by atoms with Gasteiger partial charge in [0.25, 0.3) is 11.8 Å². The topological polar surface area (TPSA) is 102 Å². The Morgan fingerprint density at radius 3 is 2.56 bits per heavy atom. The summed E-state index contributed by atoms with van der Waals surface area (Å²) in [4.78, 5) is 28.2. The van der Waals surface area contributed by atoms with Crippen molar-refractivity contribution in [2.75, 3.05) is 18.5 Å². The predicted octanol–water partition coefficient (Wildman–Crippen LogP) is 3.57. The molecule has 2 aromatic carbocycles. The van der Waals surface area contributed by atoms with Crippen LogP contribution in [-0.2, 0) is 4.79 Å². The molecule has 8 nitrogen and oxygen atoms in total. The van der Waals surface area contributed by atoms with Crippen molar-refractivity contribution >= 4 is 23.7 Å². The lowest BCUT2D eigenvalue weighted by molar-refractivity contribution is -0.118. The van der Waals surface area contributed by atoms with Gasteiger partial charge < -0.3 is 14.8 Å². The molecule has 2 N–H and O–H groups in total. The highest BCUT2D eigenvalue weighted by atomic mass is 16.5. The number of pyridine rings is 1. The van der Waals surface area contributed by atoms with Gasteiger partial charge in [0.1, 0.15) is 0 Å². The Balaban J connectivity index is 1.60. The van der Waals surface area contributed by atoms with Gasteiger partial charge in [-0.1, -0.05) is 18.2 Å². The van der Waals surface area contributed by atoms with Gasteiger partial charge in [-0.25, -0.2) is 5.43 Å². The van der Waals surface area contributed by atoms with Crippen molar-refractivity contribution in [3.63, 3.8) is 0 Å². The fourth-order valence-electron chi connectivity index (χ4n) is 2.77. The molecule has 0 unspecified atom stereocenters. The molecule has 0 atom stereocenters. The van der Waals surface area contributed by atoms with Gasteiger partial charge in [0.05, 0.1) is 12.8 Å². The highest BCUT2D eigenvalue weighted by Gasteiger charge is 2.10. The number of aryl methyl sites for hydroxylation is 1. The zero-order valence-electron chi connectivity index (χ0n) is 17.9. The van der Waals surface area contributed by atoms with Gasteiger partial charge in [0.2, 0.25) is 0 Å². The third-order valence-corrected chi connectivity index (χ3v) is 4.37. The minimum absolute atomic E-state index is 0.163. The van der Waals surface area contributed by atoms with E-state index in [4.69, 9.17) is 9.47 Å². The molecule has 3 rings (SSSR count). The summed E-state index contributed by atoms with van der Waals surface area (Å²) in [5.74, 6) is 0.296. The number of carbonyl (C=O) groups excluding carboxylic acids is 2. The van der Waals surface area contributed by atoms with Crippen molar-refractivity contribution in [3.8, 4) is 11.5 Å². The van der Waals surface area contributed by atoms with Gasteiger partial charge in [-0.2, -0.15) is 5.10 Å². The first kappa shape index (κ1) is 22.5. The molecule has 0 aliphatic rings. The Kier molecular flexibility index (Phi) is 7.91. The number of amides is 2. The van der Waals surface area contributed by atoms with Gasteiger partial charge in [-0.15, -0.1) is 0 Å². The van der Waals surface area contributed by atoms with E-state index in [-0.39, 0.29) is 18.4 Å². The first-order valence-corrected chi connectivity index (χ1v) is 10.1. The first-order valence-electron chi connectivity index (χ1n) is 10.1. The number of aromatic nitrogens is 1. The van der Waals surface area contributed by atoms with Crippen LogP contribution in [0.2, 0.25) is 0 Å². The zero-order chi connectivity index (χ0) is 22.8. The minimum atomic E-state index is -0.340. The van der Waals surface area contributed by atoms with Crippen LogP contribution in [0.25, 0.3) is 0 Å². The average molecular weight is 432 g/mol. The molecule has 0 spiro atoms. The number of rotatable bonds is 9. The molecule has 3 aromatic rings. The van der Waals surface area contributed by atoms with Crippen LogP contribution in [0.5, 0.6) is 11.5 Å². The smallest absolute Gasteiger partial charge is 0.271 e. The Morgan fingerprint density at radius 2 is 1.81 bits per heavy atom. The number of benzene rings is 2. The number of nitrogens with zero attached hydrogens (tertiary/aromatic N) is 2. The maximum Gasteiger partial charge on any atom is 0.271 e. The second-order valence-corrected chi connectivity index (χ2v) is 6.73. The molecule has 1 heterocycles. The molecule has 2 amide bonds. The van der Waals surface area contributed by atoms with Gasteiger partial charge in [0.15, 0.2) is 18.1 Å². The molecule has 0 bridgehead atoms. The highest BCUT2D eigenvalue weighted by Crippen LogP contribution is 2.28. The van der Waals surface area contributed by atoms with Crippen molar-refractivity contribution < 1.29 is 19.1 Å².